The Labute approximate surface area is 52.0 Å². The van der Waals surface area contributed by atoms with E-state index < -0.39 is 10.3 Å². The molecule has 0 aliphatic carbocycles. The topological polar surface area (TPSA) is 81.7 Å². The van der Waals surface area contributed by atoms with E-state index in [1.54, 1.807) is 0 Å². The third kappa shape index (κ3) is 1.31. The van der Waals surface area contributed by atoms with Crippen molar-refractivity contribution in [2.75, 3.05) is 0 Å². The van der Waals surface area contributed by atoms with Gasteiger partial charge < -0.3 is 5.43 Å². The molecule has 0 radical (unpaired) electrons. The van der Waals surface area contributed by atoms with Crippen LogP contribution in [0.2, 0.25) is 0 Å². The van der Waals surface area contributed by atoms with Crippen molar-refractivity contribution in [2.24, 2.45) is 0 Å². The van der Waals surface area contributed by atoms with Crippen molar-refractivity contribution in [3.8, 4) is 0 Å². The molecular weight excluding hydrogens is 146 g/mol. The summed E-state index contributed by atoms with van der Waals surface area (Å²) in [6.07, 6.45) is 2.46. The summed E-state index contributed by atoms with van der Waals surface area (Å²) in [6.45, 7) is 0. The van der Waals surface area contributed by atoms with Gasteiger partial charge in [0, 0.05) is 6.20 Å². The van der Waals surface area contributed by atoms with Crippen molar-refractivity contribution in [3.05, 3.63) is 12.4 Å². The molecule has 1 aliphatic rings. The summed E-state index contributed by atoms with van der Waals surface area (Å²) in [6, 6.07) is 0. The van der Waals surface area contributed by atoms with E-state index in [1.807, 2.05) is 0 Å². The smallest absolute Gasteiger partial charge is 0.309 e. The minimum Gasteiger partial charge on any atom is -0.309 e. The van der Waals surface area contributed by atoms with Crippen LogP contribution in [-0.4, -0.2) is 17.4 Å². The molecule has 9 heavy (non-hydrogen) atoms. The Bertz CT molecular complexity index is 219. The Morgan fingerprint density at radius 1 is 1.56 bits per heavy atom. The molecule has 1 rings (SSSR count). The lowest BCUT2D eigenvalue weighted by molar-refractivity contribution is 0.346. The van der Waals surface area contributed by atoms with Gasteiger partial charge in [-0.25, -0.2) is 0 Å². The largest absolute Gasteiger partial charge is 0.374 e. The van der Waals surface area contributed by atoms with Gasteiger partial charge in [-0.3, -0.25) is 4.55 Å². The molecule has 0 aromatic rings. The van der Waals surface area contributed by atoms with Gasteiger partial charge in [-0.05, 0) is 0 Å². The molecule has 0 aromatic heterocycles. The van der Waals surface area contributed by atoms with E-state index >= 15 is 0 Å². The minimum absolute atomic E-state index is 0.535. The second-order valence-corrected chi connectivity index (χ2v) is 2.63. The van der Waals surface area contributed by atoms with Crippen molar-refractivity contribution in [3.63, 3.8) is 0 Å². The number of nitrogens with one attached hydrogen (secondary N) is 2. The third-order valence-corrected chi connectivity index (χ3v) is 1.43. The third-order valence-electron chi connectivity index (χ3n) is 0.717. The number of rotatable bonds is 1. The van der Waals surface area contributed by atoms with Gasteiger partial charge in [-0.1, -0.05) is 0 Å². The Kier molecular flexibility index (Phi) is 1.31. The van der Waals surface area contributed by atoms with E-state index in [0.717, 1.165) is 6.20 Å². The Morgan fingerprint density at radius 2 is 2.22 bits per heavy atom. The molecule has 0 spiro atoms. The van der Waals surface area contributed by atoms with Gasteiger partial charge in [0.15, 0.2) is 0 Å². The van der Waals surface area contributed by atoms with Gasteiger partial charge in [0.2, 0.25) is 0 Å². The van der Waals surface area contributed by atoms with Crippen molar-refractivity contribution in [1.29, 1.82) is 0 Å². The van der Waals surface area contributed by atoms with Crippen LogP contribution in [0.3, 0.4) is 0 Å². The molecule has 3 N–H and O–H groups in total. The highest BCUT2D eigenvalue weighted by Gasteiger charge is 2.15. The van der Waals surface area contributed by atoms with Crippen LogP contribution in [-0.2, 0) is 10.3 Å². The van der Waals surface area contributed by atoms with Crippen LogP contribution < -0.4 is 11.0 Å². The zero-order chi connectivity index (χ0) is 6.91. The van der Waals surface area contributed by atoms with Crippen molar-refractivity contribution < 1.29 is 13.0 Å². The van der Waals surface area contributed by atoms with Gasteiger partial charge in [0.1, 0.15) is 0 Å². The summed E-state index contributed by atoms with van der Waals surface area (Å²) < 4.78 is 29.1. The van der Waals surface area contributed by atoms with E-state index in [4.69, 9.17) is 4.55 Å². The summed E-state index contributed by atoms with van der Waals surface area (Å²) in [5.74, 6) is 0. The highest BCUT2D eigenvalue weighted by Crippen LogP contribution is 1.94. The molecule has 0 amide bonds. The molecule has 0 atom stereocenters. The predicted molar refractivity (Wildman–Crippen MR) is 28.8 cm³/mol. The first-order valence-electron chi connectivity index (χ1n) is 2.05. The number of hydrogen-bond donors (Lipinski definition) is 3. The SMILES string of the molecule is O=S(=O)(O)N1C=CNN1. The van der Waals surface area contributed by atoms with Gasteiger partial charge in [-0.15, -0.1) is 5.53 Å². The molecule has 6 nitrogen and oxygen atoms in total. The molecule has 0 saturated carbocycles. The highest BCUT2D eigenvalue weighted by atomic mass is 32.2. The lowest BCUT2D eigenvalue weighted by Crippen LogP contribution is -2.39. The zero-order valence-electron chi connectivity index (χ0n) is 4.27. The van der Waals surface area contributed by atoms with E-state index in [9.17, 15) is 8.42 Å². The molecule has 52 valence electrons. The van der Waals surface area contributed by atoms with E-state index in [0.29, 0.717) is 4.41 Å². The van der Waals surface area contributed by atoms with E-state index in [2.05, 4.69) is 11.0 Å². The van der Waals surface area contributed by atoms with E-state index in [-0.39, 0.29) is 0 Å². The molecule has 1 aliphatic heterocycles. The first-order valence-corrected chi connectivity index (χ1v) is 3.45. The van der Waals surface area contributed by atoms with Crippen molar-refractivity contribution in [2.45, 2.75) is 0 Å². The van der Waals surface area contributed by atoms with Gasteiger partial charge >= 0.3 is 10.3 Å². The maximum Gasteiger partial charge on any atom is 0.374 e. The quantitative estimate of drug-likeness (QED) is 0.401. The fourth-order valence-electron chi connectivity index (χ4n) is 0.378. The fraction of sp³-hybridized carbons (Fsp3) is 0. The molecular formula is C2H5N3O3S. The molecule has 0 aromatic carbocycles. The summed E-state index contributed by atoms with van der Waals surface area (Å²) in [4.78, 5) is 0. The molecule has 7 heteroatoms. The lowest BCUT2D eigenvalue weighted by Gasteiger charge is -2.08. The van der Waals surface area contributed by atoms with Crippen LogP contribution in [0.15, 0.2) is 12.4 Å². The van der Waals surface area contributed by atoms with Crippen molar-refractivity contribution in [1.82, 2.24) is 15.4 Å². The van der Waals surface area contributed by atoms with Crippen LogP contribution in [0.25, 0.3) is 0 Å². The molecule has 0 unspecified atom stereocenters. The first kappa shape index (κ1) is 6.33. The monoisotopic (exact) mass is 151 g/mol. The maximum absolute atomic E-state index is 10.2. The standard InChI is InChI=1S/C2H5N3O3S/c6-9(7,8)5-2-1-3-4-5/h1-4H,(H,6,7,8). The lowest BCUT2D eigenvalue weighted by atomic mass is 11.0. The second kappa shape index (κ2) is 1.87. The number of nitrogens with zero attached hydrogens (tertiary/aromatic N) is 1. The summed E-state index contributed by atoms with van der Waals surface area (Å²) in [5, 5.41) is 0. The van der Waals surface area contributed by atoms with E-state index in [1.165, 1.54) is 6.20 Å². The zero-order valence-corrected chi connectivity index (χ0v) is 5.09. The molecule has 0 fully saturated rings. The molecule has 0 saturated heterocycles. The Morgan fingerprint density at radius 3 is 2.44 bits per heavy atom. The summed E-state index contributed by atoms with van der Waals surface area (Å²) in [7, 11) is -4.13. The Balaban J connectivity index is 2.76. The average Bonchev–Trinajstić information content (AvgIpc) is 2.08. The van der Waals surface area contributed by atoms with Crippen LogP contribution in [0.4, 0.5) is 0 Å². The number of hydrogen-bond acceptors (Lipinski definition) is 4. The first-order chi connectivity index (χ1) is 4.11. The van der Waals surface area contributed by atoms with Crippen LogP contribution >= 0.6 is 0 Å². The van der Waals surface area contributed by atoms with Crippen LogP contribution in [0.1, 0.15) is 0 Å². The van der Waals surface area contributed by atoms with Crippen LogP contribution in [0.5, 0.6) is 0 Å². The van der Waals surface area contributed by atoms with Gasteiger partial charge in [0.05, 0.1) is 6.20 Å². The minimum atomic E-state index is -4.13. The predicted octanol–water partition coefficient (Wildman–Crippen LogP) is -1.41. The van der Waals surface area contributed by atoms with Gasteiger partial charge in [-0.2, -0.15) is 12.8 Å². The normalized spacial score (nSPS) is 18.1. The number of hydrazine groups is 2. The maximum atomic E-state index is 10.2. The summed E-state index contributed by atoms with van der Waals surface area (Å²) in [5.41, 5.74) is 4.47. The van der Waals surface area contributed by atoms with Crippen LogP contribution in [0, 0.1) is 0 Å². The highest BCUT2D eigenvalue weighted by molar-refractivity contribution is 7.83. The Hall–Kier alpha value is -0.790. The molecule has 0 bridgehead atoms. The second-order valence-electron chi connectivity index (χ2n) is 1.35. The van der Waals surface area contributed by atoms with Gasteiger partial charge in [0.25, 0.3) is 0 Å². The molecule has 1 heterocycles. The summed E-state index contributed by atoms with van der Waals surface area (Å²) >= 11 is 0. The van der Waals surface area contributed by atoms with Crippen molar-refractivity contribution >= 4 is 10.3 Å². The fourth-order valence-corrected chi connectivity index (χ4v) is 0.760. The average molecular weight is 151 g/mol.